The van der Waals surface area contributed by atoms with Crippen molar-refractivity contribution in [3.05, 3.63) is 0 Å². The van der Waals surface area contributed by atoms with Gasteiger partial charge in [0.1, 0.15) is 6.61 Å². The number of ether oxygens (including phenoxy) is 1. The number of hydrogen-bond donors (Lipinski definition) is 2. The Bertz CT molecular complexity index is 169. The molecule has 84 valence electrons. The number of rotatable bonds is 7. The summed E-state index contributed by atoms with van der Waals surface area (Å²) in [5, 5.41) is 8.68. The molecule has 0 aromatic heterocycles. The van der Waals surface area contributed by atoms with Gasteiger partial charge in [0, 0.05) is 6.42 Å². The lowest BCUT2D eigenvalue weighted by Gasteiger charge is -2.21. The van der Waals surface area contributed by atoms with Gasteiger partial charge in [-0.25, -0.2) is 0 Å². The van der Waals surface area contributed by atoms with Crippen molar-refractivity contribution < 1.29 is 14.7 Å². The summed E-state index contributed by atoms with van der Waals surface area (Å²) in [5.41, 5.74) is 1.52. The molecule has 0 amide bonds. The van der Waals surface area contributed by atoms with Crippen molar-refractivity contribution in [1.29, 1.82) is 0 Å². The third-order valence-corrected chi connectivity index (χ3v) is 1.88. The molecule has 0 saturated carbocycles. The summed E-state index contributed by atoms with van der Waals surface area (Å²) in [6.45, 7) is 5.79. The van der Waals surface area contributed by atoms with Gasteiger partial charge in [-0.05, 0) is 20.3 Å². The number of hydroxylamine groups is 1. The van der Waals surface area contributed by atoms with Gasteiger partial charge in [0.25, 0.3) is 0 Å². The highest BCUT2D eigenvalue weighted by molar-refractivity contribution is 5.69. The lowest BCUT2D eigenvalue weighted by atomic mass is 10.1. The van der Waals surface area contributed by atoms with Gasteiger partial charge in [-0.3, -0.25) is 4.79 Å². The molecule has 0 aliphatic rings. The van der Waals surface area contributed by atoms with Crippen molar-refractivity contribution in [2.75, 3.05) is 6.61 Å². The molecule has 14 heavy (non-hydrogen) atoms. The first kappa shape index (κ1) is 13.4. The molecule has 0 spiro atoms. The number of esters is 1. The summed E-state index contributed by atoms with van der Waals surface area (Å²) in [7, 11) is 0. The Labute approximate surface area is 85.6 Å². The second-order valence-corrected chi connectivity index (χ2v) is 4.11. The maximum absolute atomic E-state index is 11.1. The molecule has 0 saturated heterocycles. The molecule has 4 nitrogen and oxygen atoms in total. The third kappa shape index (κ3) is 6.86. The first-order valence-corrected chi connectivity index (χ1v) is 5.08. The molecule has 0 aromatic rings. The number of carbonyl (C=O) groups is 1. The van der Waals surface area contributed by atoms with Gasteiger partial charge in [-0.15, -0.1) is 0 Å². The van der Waals surface area contributed by atoms with Crippen molar-refractivity contribution >= 4 is 5.97 Å². The molecule has 0 atom stereocenters. The minimum Gasteiger partial charge on any atom is -0.464 e. The van der Waals surface area contributed by atoms with Gasteiger partial charge >= 0.3 is 5.97 Å². The fraction of sp³-hybridized carbons (Fsp3) is 0.900. The van der Waals surface area contributed by atoms with Crippen LogP contribution in [0.2, 0.25) is 0 Å². The molecule has 0 fully saturated rings. The van der Waals surface area contributed by atoms with Crippen LogP contribution in [0.25, 0.3) is 0 Å². The molecule has 4 heteroatoms. The summed E-state index contributed by atoms with van der Waals surface area (Å²) < 4.78 is 4.98. The van der Waals surface area contributed by atoms with Crippen molar-refractivity contribution in [1.82, 2.24) is 5.48 Å². The third-order valence-electron chi connectivity index (χ3n) is 1.88. The van der Waals surface area contributed by atoms with Crippen LogP contribution in [0.3, 0.4) is 0 Å². The van der Waals surface area contributed by atoms with E-state index < -0.39 is 5.54 Å². The maximum Gasteiger partial charge on any atom is 0.305 e. The molecule has 0 aliphatic carbocycles. The molecule has 0 heterocycles. The Balaban J connectivity index is 3.53. The lowest BCUT2D eigenvalue weighted by molar-refractivity contribution is -0.147. The lowest BCUT2D eigenvalue weighted by Crippen LogP contribution is -2.42. The first-order chi connectivity index (χ1) is 6.52. The molecule has 0 bridgehead atoms. The highest BCUT2D eigenvalue weighted by Crippen LogP contribution is 2.04. The highest BCUT2D eigenvalue weighted by atomic mass is 16.5. The van der Waals surface area contributed by atoms with E-state index in [2.05, 4.69) is 12.4 Å². The monoisotopic (exact) mass is 203 g/mol. The number of carbonyl (C=O) groups excluding carboxylic acids is 1. The van der Waals surface area contributed by atoms with E-state index in [0.29, 0.717) is 6.42 Å². The van der Waals surface area contributed by atoms with E-state index in [9.17, 15) is 4.79 Å². The van der Waals surface area contributed by atoms with E-state index in [1.165, 1.54) is 0 Å². The minimum atomic E-state index is -0.569. The second-order valence-electron chi connectivity index (χ2n) is 4.11. The number of unbranched alkanes of at least 4 members (excludes halogenated alkanes) is 2. The Hall–Kier alpha value is -0.610. The van der Waals surface area contributed by atoms with Crippen molar-refractivity contribution in [2.45, 2.75) is 52.0 Å². The SMILES string of the molecule is CCCCCC(=O)OCC(C)(C)NO. The van der Waals surface area contributed by atoms with E-state index in [0.717, 1.165) is 19.3 Å². The van der Waals surface area contributed by atoms with E-state index >= 15 is 0 Å². The molecule has 0 aliphatic heterocycles. The summed E-state index contributed by atoms with van der Waals surface area (Å²) >= 11 is 0. The molecule has 0 radical (unpaired) electrons. The van der Waals surface area contributed by atoms with E-state index in [4.69, 9.17) is 9.94 Å². The molecular formula is C10H21NO3. The van der Waals surface area contributed by atoms with Crippen LogP contribution in [-0.4, -0.2) is 23.3 Å². The average molecular weight is 203 g/mol. The predicted octanol–water partition coefficient (Wildman–Crippen LogP) is 1.87. The normalized spacial score (nSPS) is 11.4. The van der Waals surface area contributed by atoms with Gasteiger partial charge in [-0.1, -0.05) is 19.8 Å². The van der Waals surface area contributed by atoms with Crippen molar-refractivity contribution in [3.8, 4) is 0 Å². The Morgan fingerprint density at radius 2 is 2.07 bits per heavy atom. The zero-order chi connectivity index (χ0) is 11.0. The minimum absolute atomic E-state index is 0.189. The summed E-state index contributed by atoms with van der Waals surface area (Å²) in [6, 6.07) is 0. The van der Waals surface area contributed by atoms with Crippen LogP contribution in [0.1, 0.15) is 46.5 Å². The van der Waals surface area contributed by atoms with Crippen LogP contribution in [0.15, 0.2) is 0 Å². The largest absolute Gasteiger partial charge is 0.464 e. The second kappa shape index (κ2) is 6.79. The highest BCUT2D eigenvalue weighted by Gasteiger charge is 2.18. The first-order valence-electron chi connectivity index (χ1n) is 5.08. The van der Waals surface area contributed by atoms with Gasteiger partial charge in [0.05, 0.1) is 5.54 Å². The molecule has 0 unspecified atom stereocenters. The molecule has 0 rings (SSSR count). The van der Waals surface area contributed by atoms with Gasteiger partial charge in [0.15, 0.2) is 0 Å². The molecule has 2 N–H and O–H groups in total. The van der Waals surface area contributed by atoms with Crippen LogP contribution < -0.4 is 5.48 Å². The van der Waals surface area contributed by atoms with Gasteiger partial charge < -0.3 is 9.94 Å². The average Bonchev–Trinajstić information content (AvgIpc) is 2.16. The fourth-order valence-electron chi connectivity index (χ4n) is 0.885. The van der Waals surface area contributed by atoms with Gasteiger partial charge in [0.2, 0.25) is 0 Å². The van der Waals surface area contributed by atoms with Crippen LogP contribution in [0.5, 0.6) is 0 Å². The maximum atomic E-state index is 11.1. The van der Waals surface area contributed by atoms with E-state index in [1.807, 2.05) is 0 Å². The number of hydrogen-bond acceptors (Lipinski definition) is 4. The quantitative estimate of drug-likeness (QED) is 0.377. The van der Waals surface area contributed by atoms with Crippen molar-refractivity contribution in [2.24, 2.45) is 0 Å². The topological polar surface area (TPSA) is 58.6 Å². The van der Waals surface area contributed by atoms with Gasteiger partial charge in [-0.2, -0.15) is 5.48 Å². The standard InChI is InChI=1S/C10H21NO3/c1-4-5-6-7-9(12)14-8-10(2,3)11-13/h11,13H,4-8H2,1-3H3. The van der Waals surface area contributed by atoms with Crippen LogP contribution >= 0.6 is 0 Å². The predicted molar refractivity (Wildman–Crippen MR) is 54.1 cm³/mol. The van der Waals surface area contributed by atoms with Crippen LogP contribution in [0.4, 0.5) is 0 Å². The molecule has 0 aromatic carbocycles. The zero-order valence-corrected chi connectivity index (χ0v) is 9.30. The Kier molecular flexibility index (Phi) is 6.49. The number of nitrogens with one attached hydrogen (secondary N) is 1. The Morgan fingerprint density at radius 3 is 2.57 bits per heavy atom. The summed E-state index contributed by atoms with van der Waals surface area (Å²) in [6.07, 6.45) is 3.49. The van der Waals surface area contributed by atoms with Crippen LogP contribution in [0, 0.1) is 0 Å². The smallest absolute Gasteiger partial charge is 0.305 e. The van der Waals surface area contributed by atoms with Crippen LogP contribution in [-0.2, 0) is 9.53 Å². The fourth-order valence-corrected chi connectivity index (χ4v) is 0.885. The summed E-state index contributed by atoms with van der Waals surface area (Å²) in [5.74, 6) is -0.193. The van der Waals surface area contributed by atoms with E-state index in [-0.39, 0.29) is 12.6 Å². The molecular weight excluding hydrogens is 182 g/mol. The van der Waals surface area contributed by atoms with Crippen molar-refractivity contribution in [3.63, 3.8) is 0 Å². The Morgan fingerprint density at radius 1 is 1.43 bits per heavy atom. The van der Waals surface area contributed by atoms with E-state index in [1.54, 1.807) is 13.8 Å². The summed E-state index contributed by atoms with van der Waals surface area (Å²) in [4.78, 5) is 11.1. The zero-order valence-electron chi connectivity index (χ0n) is 9.30.